The molecule has 0 aliphatic carbocycles. The van der Waals surface area contributed by atoms with Gasteiger partial charge >= 0.3 is 5.97 Å². The molecule has 1 aromatic heterocycles. The van der Waals surface area contributed by atoms with E-state index >= 15 is 0 Å². The zero-order chi connectivity index (χ0) is 19.4. The number of esters is 1. The van der Waals surface area contributed by atoms with E-state index in [1.807, 2.05) is 17.5 Å². The number of carbonyl (C=O) groups excluding carboxylic acids is 3. The molecule has 0 saturated carbocycles. The smallest absolute Gasteiger partial charge is 0.355 e. The Hall–Kier alpha value is -1.46. The van der Waals surface area contributed by atoms with Crippen LogP contribution < -0.4 is 5.32 Å². The summed E-state index contributed by atoms with van der Waals surface area (Å²) < 4.78 is 5.17. The van der Waals surface area contributed by atoms with Crippen molar-refractivity contribution < 1.29 is 19.1 Å². The molecule has 1 fully saturated rings. The van der Waals surface area contributed by atoms with Crippen LogP contribution in [0.5, 0.6) is 0 Å². The highest BCUT2D eigenvalue weighted by Crippen LogP contribution is 2.41. The van der Waals surface area contributed by atoms with Crippen LogP contribution in [0.25, 0.3) is 0 Å². The highest BCUT2D eigenvalue weighted by atomic mass is 32.2. The Labute approximate surface area is 169 Å². The van der Waals surface area contributed by atoms with Crippen molar-refractivity contribution in [1.29, 1.82) is 0 Å². The van der Waals surface area contributed by atoms with Crippen molar-refractivity contribution >= 4 is 57.3 Å². The fraction of sp³-hybridized carbons (Fsp3) is 0.353. The maximum atomic E-state index is 12.7. The van der Waals surface area contributed by atoms with Crippen LogP contribution in [0.15, 0.2) is 41.4 Å². The first-order valence-corrected chi connectivity index (χ1v) is 12.5. The normalized spacial score (nSPS) is 21.5. The van der Waals surface area contributed by atoms with Gasteiger partial charge in [0.15, 0.2) is 0 Å². The van der Waals surface area contributed by atoms with E-state index in [0.29, 0.717) is 17.6 Å². The zero-order valence-corrected chi connectivity index (χ0v) is 17.9. The number of nitrogens with one attached hydrogen (secondary N) is 1. The Morgan fingerprint density at radius 2 is 2.33 bits per heavy atom. The minimum atomic E-state index is -0.618. The molecular weight excluding hydrogens is 422 g/mol. The van der Waals surface area contributed by atoms with E-state index in [0.717, 1.165) is 18.3 Å². The fourth-order valence-electron chi connectivity index (χ4n) is 2.89. The van der Waals surface area contributed by atoms with Crippen molar-refractivity contribution in [2.24, 2.45) is 0 Å². The van der Waals surface area contributed by atoms with E-state index in [1.165, 1.54) is 22.3 Å². The maximum Gasteiger partial charge on any atom is 0.355 e. The van der Waals surface area contributed by atoms with Crippen LogP contribution in [-0.4, -0.2) is 52.6 Å². The lowest BCUT2D eigenvalue weighted by Gasteiger charge is -2.49. The van der Waals surface area contributed by atoms with Gasteiger partial charge < -0.3 is 10.1 Å². The molecule has 1 aromatic rings. The molecule has 1 N–H and O–H groups in total. The number of nitrogens with zero attached hydrogens (tertiary/aromatic N) is 1. The summed E-state index contributed by atoms with van der Waals surface area (Å²) in [6.45, 7) is 3.62. The Bertz CT molecular complexity index is 810. The van der Waals surface area contributed by atoms with E-state index < -0.39 is 12.0 Å². The van der Waals surface area contributed by atoms with Gasteiger partial charge in [0.2, 0.25) is 5.91 Å². The molecule has 1 saturated heterocycles. The number of thioether (sulfide) groups is 1. The molecule has 2 unspecified atom stereocenters. The van der Waals surface area contributed by atoms with Gasteiger partial charge in [-0.15, -0.1) is 23.1 Å². The third kappa shape index (κ3) is 4.35. The molecule has 2 amide bonds. The van der Waals surface area contributed by atoms with Gasteiger partial charge in [-0.3, -0.25) is 14.5 Å². The molecule has 27 heavy (non-hydrogen) atoms. The monoisotopic (exact) mass is 440 g/mol. The summed E-state index contributed by atoms with van der Waals surface area (Å²) in [6, 6.07) is 3.15. The first-order valence-electron chi connectivity index (χ1n) is 8.16. The lowest BCUT2D eigenvalue weighted by atomic mass is 10.0. The number of thiophene rings is 1. The Morgan fingerprint density at radius 3 is 3.00 bits per heavy atom. The molecule has 10 heteroatoms. The van der Waals surface area contributed by atoms with E-state index in [-0.39, 0.29) is 30.2 Å². The number of hydrogen-bond acceptors (Lipinski definition) is 6. The molecule has 3 rings (SSSR count). The summed E-state index contributed by atoms with van der Waals surface area (Å²) >= 11 is 3.05. The average Bonchev–Trinajstić information content (AvgIpc) is 3.16. The molecule has 2 aliphatic rings. The topological polar surface area (TPSA) is 75.7 Å². The number of β-lactam (4-membered cyclic amide) rings is 1. The van der Waals surface area contributed by atoms with E-state index in [9.17, 15) is 14.4 Å². The third-order valence-corrected chi connectivity index (χ3v) is 7.30. The molecule has 0 aromatic carbocycles. The van der Waals surface area contributed by atoms with Gasteiger partial charge in [0.1, 0.15) is 23.7 Å². The number of hydrogen-bond donors (Lipinski definition) is 1. The lowest BCUT2D eigenvalue weighted by Crippen LogP contribution is -2.70. The van der Waals surface area contributed by atoms with Crippen molar-refractivity contribution in [3.63, 3.8) is 0 Å². The van der Waals surface area contributed by atoms with Crippen LogP contribution in [-0.2, 0) is 25.5 Å². The van der Waals surface area contributed by atoms with Crippen LogP contribution in [0.2, 0.25) is 0 Å². The molecule has 6 nitrogen and oxygen atoms in total. The molecule has 0 spiro atoms. The van der Waals surface area contributed by atoms with Crippen molar-refractivity contribution in [1.82, 2.24) is 10.2 Å². The summed E-state index contributed by atoms with van der Waals surface area (Å²) in [7, 11) is 4.33. The maximum absolute atomic E-state index is 12.7. The SMILES string of the molecule is C=CCOC(=O)C1=C(CP=P)CSC2C(NC(=O)Cc3cccs3)C(=O)N12. The third-order valence-electron chi connectivity index (χ3n) is 4.07. The van der Waals surface area contributed by atoms with Gasteiger partial charge in [-0.2, -0.15) is 0 Å². The van der Waals surface area contributed by atoms with E-state index in [2.05, 4.69) is 20.4 Å². The van der Waals surface area contributed by atoms with Gasteiger partial charge in [0.25, 0.3) is 5.91 Å². The van der Waals surface area contributed by atoms with Gasteiger partial charge in [-0.1, -0.05) is 35.1 Å². The molecule has 2 atom stereocenters. The number of ether oxygens (including phenoxy) is 1. The second-order valence-corrected chi connectivity index (χ2v) is 9.59. The Morgan fingerprint density at radius 1 is 1.52 bits per heavy atom. The minimum absolute atomic E-state index is 0.0853. The van der Waals surface area contributed by atoms with Crippen LogP contribution in [0.3, 0.4) is 0 Å². The summed E-state index contributed by atoms with van der Waals surface area (Å²) in [5.74, 6) is -0.384. The van der Waals surface area contributed by atoms with Crippen LogP contribution in [0, 0.1) is 0 Å². The molecule has 2 aliphatic heterocycles. The van der Waals surface area contributed by atoms with Crippen LogP contribution in [0.4, 0.5) is 0 Å². The standard InChI is InChI=1S/C17H18N2O4P2S2/c1-2-5-23-17(22)14-10(8-25-24)9-27-16-13(15(21)19(14)16)18-12(20)7-11-4-3-6-26-11/h2-4,6,13,16,24H,1,5,7-9H2,(H,18,20). The predicted molar refractivity (Wildman–Crippen MR) is 111 cm³/mol. The predicted octanol–water partition coefficient (Wildman–Crippen LogP) is 2.68. The summed E-state index contributed by atoms with van der Waals surface area (Å²) in [5.41, 5.74) is 1.17. The molecule has 142 valence electrons. The molecule has 0 radical (unpaired) electrons. The number of amides is 2. The van der Waals surface area contributed by atoms with Crippen LogP contribution in [0.1, 0.15) is 4.88 Å². The van der Waals surface area contributed by atoms with Gasteiger partial charge in [-0.05, 0) is 17.0 Å². The summed E-state index contributed by atoms with van der Waals surface area (Å²) in [6.07, 6.45) is 2.35. The highest BCUT2D eigenvalue weighted by molar-refractivity contribution is 8.00. The minimum Gasteiger partial charge on any atom is -0.457 e. The van der Waals surface area contributed by atoms with Crippen molar-refractivity contribution in [3.05, 3.63) is 46.3 Å². The quantitative estimate of drug-likeness (QED) is 0.291. The van der Waals surface area contributed by atoms with Crippen molar-refractivity contribution in [2.45, 2.75) is 17.8 Å². The fourth-order valence-corrected chi connectivity index (χ4v) is 6.11. The molecular formula is C17H18N2O4P2S2. The number of fused-ring (bicyclic) bond motifs is 1. The Kier molecular flexibility index (Phi) is 6.88. The first kappa shape index (κ1) is 20.3. The Balaban J connectivity index is 1.72. The highest BCUT2D eigenvalue weighted by Gasteiger charge is 2.54. The van der Waals surface area contributed by atoms with E-state index in [4.69, 9.17) is 4.74 Å². The second kappa shape index (κ2) is 9.16. The van der Waals surface area contributed by atoms with Crippen molar-refractivity contribution in [3.8, 4) is 0 Å². The summed E-state index contributed by atoms with van der Waals surface area (Å²) in [4.78, 5) is 39.8. The second-order valence-electron chi connectivity index (χ2n) is 5.87. The lowest BCUT2D eigenvalue weighted by molar-refractivity contribution is -0.152. The van der Waals surface area contributed by atoms with Crippen LogP contribution >= 0.6 is 39.5 Å². The largest absolute Gasteiger partial charge is 0.457 e. The number of carbonyl (C=O) groups is 3. The van der Waals surface area contributed by atoms with Gasteiger partial charge in [-0.25, -0.2) is 4.79 Å². The molecule has 3 heterocycles. The van der Waals surface area contributed by atoms with E-state index in [1.54, 1.807) is 11.8 Å². The van der Waals surface area contributed by atoms with Crippen molar-refractivity contribution in [2.75, 3.05) is 18.5 Å². The van der Waals surface area contributed by atoms with Gasteiger partial charge in [0.05, 0.1) is 6.42 Å². The summed E-state index contributed by atoms with van der Waals surface area (Å²) in [5, 5.41) is 4.43. The first-order chi connectivity index (χ1) is 13.1. The van der Waals surface area contributed by atoms with Gasteiger partial charge in [0, 0.05) is 16.8 Å². The number of rotatable bonds is 8. The average molecular weight is 440 g/mol. The zero-order valence-electron chi connectivity index (χ0n) is 14.3. The molecule has 0 bridgehead atoms.